The van der Waals surface area contributed by atoms with E-state index in [-0.39, 0.29) is 22.5 Å². The second-order valence-electron chi connectivity index (χ2n) is 6.23. The lowest BCUT2D eigenvalue weighted by molar-refractivity contribution is -0.117. The third kappa shape index (κ3) is 3.47. The Balaban J connectivity index is 2.96. The predicted molar refractivity (Wildman–Crippen MR) is 65.9 cm³/mol. The highest BCUT2D eigenvalue weighted by molar-refractivity contribution is 6.14. The number of hydrogen-bond acceptors (Lipinski definition) is 3. The molecule has 0 amide bonds. The van der Waals surface area contributed by atoms with Gasteiger partial charge < -0.3 is 5.11 Å². The number of rotatable bonds is 1. The standard InChI is InChI=1S/C13H21NO2/c1-12(2,3)14-8-9-10(15)6-13(4,5)7-11(9)16/h8,15H,6-7H2,1-5H3. The molecule has 1 aliphatic rings. The highest BCUT2D eigenvalue weighted by Crippen LogP contribution is 2.35. The van der Waals surface area contributed by atoms with Gasteiger partial charge >= 0.3 is 0 Å². The van der Waals surface area contributed by atoms with Crippen molar-refractivity contribution in [3.63, 3.8) is 0 Å². The van der Waals surface area contributed by atoms with Crippen LogP contribution in [0.15, 0.2) is 16.3 Å². The third-order valence-electron chi connectivity index (χ3n) is 2.48. The number of aliphatic hydroxyl groups excluding tert-OH is 1. The van der Waals surface area contributed by atoms with E-state index in [1.807, 2.05) is 34.6 Å². The summed E-state index contributed by atoms with van der Waals surface area (Å²) in [5.41, 5.74) is 0.0232. The number of aliphatic hydroxyl groups is 1. The van der Waals surface area contributed by atoms with Crippen molar-refractivity contribution < 1.29 is 9.90 Å². The molecule has 3 heteroatoms. The van der Waals surface area contributed by atoms with Crippen LogP contribution in [0.25, 0.3) is 0 Å². The van der Waals surface area contributed by atoms with E-state index in [1.165, 1.54) is 6.21 Å². The van der Waals surface area contributed by atoms with Crippen molar-refractivity contribution in [3.05, 3.63) is 11.3 Å². The Bertz CT molecular complexity index is 357. The van der Waals surface area contributed by atoms with E-state index in [4.69, 9.17) is 0 Å². The van der Waals surface area contributed by atoms with Gasteiger partial charge in [0.15, 0.2) is 5.78 Å². The van der Waals surface area contributed by atoms with Crippen LogP contribution in [0, 0.1) is 5.41 Å². The zero-order valence-corrected chi connectivity index (χ0v) is 10.8. The molecule has 1 aliphatic carbocycles. The summed E-state index contributed by atoms with van der Waals surface area (Å²) < 4.78 is 0. The van der Waals surface area contributed by atoms with Gasteiger partial charge in [0.05, 0.1) is 11.1 Å². The molecule has 0 heterocycles. The van der Waals surface area contributed by atoms with Crippen molar-refractivity contribution in [2.45, 2.75) is 53.0 Å². The van der Waals surface area contributed by atoms with Crippen LogP contribution in [-0.4, -0.2) is 22.6 Å². The van der Waals surface area contributed by atoms with Gasteiger partial charge in [0.25, 0.3) is 0 Å². The Kier molecular flexibility index (Phi) is 3.27. The molecule has 0 aromatic heterocycles. The fourth-order valence-electron chi connectivity index (χ4n) is 1.71. The Morgan fingerprint density at radius 1 is 1.31 bits per heavy atom. The second-order valence-corrected chi connectivity index (χ2v) is 6.23. The lowest BCUT2D eigenvalue weighted by Crippen LogP contribution is -2.26. The van der Waals surface area contributed by atoms with Gasteiger partial charge in [-0.25, -0.2) is 0 Å². The molecule has 0 saturated heterocycles. The van der Waals surface area contributed by atoms with Crippen molar-refractivity contribution >= 4 is 12.0 Å². The zero-order chi connectivity index (χ0) is 12.6. The summed E-state index contributed by atoms with van der Waals surface area (Å²) in [5.74, 6) is 0.163. The molecule has 3 nitrogen and oxygen atoms in total. The summed E-state index contributed by atoms with van der Waals surface area (Å²) in [7, 11) is 0. The molecule has 0 saturated carbocycles. The summed E-state index contributed by atoms with van der Waals surface area (Å²) in [6, 6.07) is 0. The van der Waals surface area contributed by atoms with E-state index in [2.05, 4.69) is 4.99 Å². The van der Waals surface area contributed by atoms with Gasteiger partial charge in [-0.3, -0.25) is 9.79 Å². The second kappa shape index (κ2) is 4.04. The third-order valence-corrected chi connectivity index (χ3v) is 2.48. The largest absolute Gasteiger partial charge is 0.511 e. The predicted octanol–water partition coefficient (Wildman–Crippen LogP) is 3.06. The average Bonchev–Trinajstić information content (AvgIpc) is 1.96. The Hall–Kier alpha value is -1.12. The summed E-state index contributed by atoms with van der Waals surface area (Å²) in [6.45, 7) is 9.84. The first-order chi connectivity index (χ1) is 7.11. The summed E-state index contributed by atoms with van der Waals surface area (Å²) >= 11 is 0. The smallest absolute Gasteiger partial charge is 0.168 e. The van der Waals surface area contributed by atoms with Gasteiger partial charge in [-0.2, -0.15) is 0 Å². The number of hydrogen-bond donors (Lipinski definition) is 1. The van der Waals surface area contributed by atoms with Crippen LogP contribution in [-0.2, 0) is 4.79 Å². The molecular weight excluding hydrogens is 202 g/mol. The maximum Gasteiger partial charge on any atom is 0.168 e. The van der Waals surface area contributed by atoms with Gasteiger partial charge in [0.1, 0.15) is 5.76 Å². The fourth-order valence-corrected chi connectivity index (χ4v) is 1.71. The number of nitrogens with zero attached hydrogens (tertiary/aromatic N) is 1. The van der Waals surface area contributed by atoms with Gasteiger partial charge in [-0.15, -0.1) is 0 Å². The molecular formula is C13H21NO2. The van der Waals surface area contributed by atoms with E-state index in [0.29, 0.717) is 18.4 Å². The van der Waals surface area contributed by atoms with Gasteiger partial charge in [0, 0.05) is 19.1 Å². The van der Waals surface area contributed by atoms with E-state index in [1.54, 1.807) is 0 Å². The maximum absolute atomic E-state index is 11.8. The first-order valence-electron chi connectivity index (χ1n) is 5.61. The van der Waals surface area contributed by atoms with Crippen LogP contribution in [0.5, 0.6) is 0 Å². The molecule has 0 bridgehead atoms. The minimum absolute atomic E-state index is 0.0123. The lowest BCUT2D eigenvalue weighted by atomic mass is 9.77. The number of carbonyl (C=O) groups is 1. The van der Waals surface area contributed by atoms with Gasteiger partial charge in [-0.1, -0.05) is 13.8 Å². The van der Waals surface area contributed by atoms with Crippen LogP contribution >= 0.6 is 0 Å². The summed E-state index contributed by atoms with van der Waals surface area (Å²) in [6.07, 6.45) is 2.54. The van der Waals surface area contributed by atoms with E-state index in [9.17, 15) is 9.90 Å². The first kappa shape index (κ1) is 12.9. The van der Waals surface area contributed by atoms with Crippen LogP contribution in [0.2, 0.25) is 0 Å². The monoisotopic (exact) mass is 223 g/mol. The average molecular weight is 223 g/mol. The lowest BCUT2D eigenvalue weighted by Gasteiger charge is -2.28. The molecule has 1 N–H and O–H groups in total. The Morgan fingerprint density at radius 3 is 2.31 bits per heavy atom. The van der Waals surface area contributed by atoms with E-state index < -0.39 is 0 Å². The molecule has 0 aromatic carbocycles. The number of carbonyl (C=O) groups excluding carboxylic acids is 1. The zero-order valence-electron chi connectivity index (χ0n) is 10.8. The Morgan fingerprint density at radius 2 is 1.88 bits per heavy atom. The molecule has 0 fully saturated rings. The van der Waals surface area contributed by atoms with Crippen molar-refractivity contribution in [3.8, 4) is 0 Å². The Labute approximate surface area is 97.3 Å². The van der Waals surface area contributed by atoms with E-state index in [0.717, 1.165) is 0 Å². The topological polar surface area (TPSA) is 49.7 Å². The SMILES string of the molecule is CC1(C)CC(=O)C(C=NC(C)(C)C)=C(O)C1. The minimum Gasteiger partial charge on any atom is -0.511 e. The van der Waals surface area contributed by atoms with Gasteiger partial charge in [0.2, 0.25) is 0 Å². The van der Waals surface area contributed by atoms with Crippen molar-refractivity contribution in [1.82, 2.24) is 0 Å². The molecule has 16 heavy (non-hydrogen) atoms. The summed E-state index contributed by atoms with van der Waals surface area (Å²) in [5, 5.41) is 9.84. The van der Waals surface area contributed by atoms with Crippen LogP contribution < -0.4 is 0 Å². The highest BCUT2D eigenvalue weighted by Gasteiger charge is 2.32. The summed E-state index contributed by atoms with van der Waals surface area (Å²) in [4.78, 5) is 16.1. The first-order valence-corrected chi connectivity index (χ1v) is 5.61. The maximum atomic E-state index is 11.8. The molecule has 0 atom stereocenters. The molecule has 0 radical (unpaired) electrons. The van der Waals surface area contributed by atoms with Crippen LogP contribution in [0.4, 0.5) is 0 Å². The normalized spacial score (nSPS) is 21.9. The highest BCUT2D eigenvalue weighted by atomic mass is 16.3. The van der Waals surface area contributed by atoms with Crippen molar-refractivity contribution in [1.29, 1.82) is 0 Å². The van der Waals surface area contributed by atoms with Crippen molar-refractivity contribution in [2.75, 3.05) is 0 Å². The van der Waals surface area contributed by atoms with Crippen molar-refractivity contribution in [2.24, 2.45) is 10.4 Å². The van der Waals surface area contributed by atoms with Gasteiger partial charge in [-0.05, 0) is 26.2 Å². The number of Topliss-reactive ketones (excluding diaryl/α,β-unsaturated/α-hetero) is 1. The minimum atomic E-state index is -0.222. The van der Waals surface area contributed by atoms with E-state index >= 15 is 0 Å². The molecule has 0 aliphatic heterocycles. The van der Waals surface area contributed by atoms with Crippen LogP contribution in [0.3, 0.4) is 0 Å². The molecule has 0 unspecified atom stereocenters. The number of allylic oxidation sites excluding steroid dienone is 2. The van der Waals surface area contributed by atoms with Crippen LogP contribution in [0.1, 0.15) is 47.5 Å². The quantitative estimate of drug-likeness (QED) is 0.694. The number of ketones is 1. The molecule has 1 rings (SSSR count). The molecule has 90 valence electrons. The number of aliphatic imine (C=N–C) groups is 1. The molecule has 0 spiro atoms. The fraction of sp³-hybridized carbons (Fsp3) is 0.692. The molecule has 0 aromatic rings.